The number of aromatic nitrogens is 2. The van der Waals surface area contributed by atoms with Crippen molar-refractivity contribution in [2.75, 3.05) is 6.54 Å². The molecule has 134 valence electrons. The smallest absolute Gasteiger partial charge is 0.410 e. The Hall–Kier alpha value is -2.21. The van der Waals surface area contributed by atoms with Crippen LogP contribution < -0.4 is 4.74 Å². The van der Waals surface area contributed by atoms with Crippen LogP contribution >= 0.6 is 11.6 Å². The van der Waals surface area contributed by atoms with Crippen molar-refractivity contribution in [1.29, 1.82) is 0 Å². The van der Waals surface area contributed by atoms with Gasteiger partial charge in [0.2, 0.25) is 0 Å². The summed E-state index contributed by atoms with van der Waals surface area (Å²) in [5.41, 5.74) is 0.485. The molecule has 2 aromatic rings. The molecule has 25 heavy (non-hydrogen) atoms. The Morgan fingerprint density at radius 1 is 1.24 bits per heavy atom. The molecule has 0 radical (unpaired) electrons. The number of carbonyl (C=O) groups is 1. The SMILES string of the molecule is CC(C)(C)OC(=O)N1CCn2c(cnc2COc2ccc(Cl)cc2)C1. The molecule has 0 atom stereocenters. The summed E-state index contributed by atoms with van der Waals surface area (Å²) in [4.78, 5) is 18.3. The molecule has 0 bridgehead atoms. The van der Waals surface area contributed by atoms with Gasteiger partial charge in [0.05, 0.1) is 18.4 Å². The Kier molecular flexibility index (Phi) is 4.90. The first-order valence-corrected chi connectivity index (χ1v) is 8.59. The predicted octanol–water partition coefficient (Wildman–Crippen LogP) is 3.87. The van der Waals surface area contributed by atoms with Gasteiger partial charge in [0.25, 0.3) is 0 Å². The Balaban J connectivity index is 1.62. The molecule has 1 aliphatic rings. The summed E-state index contributed by atoms with van der Waals surface area (Å²) < 4.78 is 13.3. The van der Waals surface area contributed by atoms with E-state index in [2.05, 4.69) is 9.55 Å². The number of carbonyl (C=O) groups excluding carboxylic acids is 1. The maximum absolute atomic E-state index is 12.2. The predicted molar refractivity (Wildman–Crippen MR) is 94.7 cm³/mol. The molecule has 0 saturated heterocycles. The monoisotopic (exact) mass is 363 g/mol. The summed E-state index contributed by atoms with van der Waals surface area (Å²) in [5, 5.41) is 0.674. The van der Waals surface area contributed by atoms with Gasteiger partial charge in [-0.3, -0.25) is 0 Å². The number of rotatable bonds is 3. The second-order valence-electron chi connectivity index (χ2n) is 6.96. The third-order valence-electron chi connectivity index (χ3n) is 3.80. The number of amides is 1. The quantitative estimate of drug-likeness (QED) is 0.830. The van der Waals surface area contributed by atoms with E-state index in [0.717, 1.165) is 17.3 Å². The van der Waals surface area contributed by atoms with E-state index in [-0.39, 0.29) is 6.09 Å². The van der Waals surface area contributed by atoms with Crippen molar-refractivity contribution >= 4 is 17.7 Å². The highest BCUT2D eigenvalue weighted by molar-refractivity contribution is 6.30. The lowest BCUT2D eigenvalue weighted by atomic mass is 10.2. The first kappa shape index (κ1) is 17.6. The number of halogens is 1. The number of benzene rings is 1. The van der Waals surface area contributed by atoms with Crippen LogP contribution in [0, 0.1) is 0 Å². The van der Waals surface area contributed by atoms with E-state index in [0.29, 0.717) is 31.3 Å². The van der Waals surface area contributed by atoms with Crippen molar-refractivity contribution in [3.8, 4) is 5.75 Å². The van der Waals surface area contributed by atoms with E-state index in [1.165, 1.54) is 0 Å². The number of hydrogen-bond donors (Lipinski definition) is 0. The Bertz CT molecular complexity index is 750. The largest absolute Gasteiger partial charge is 0.486 e. The van der Waals surface area contributed by atoms with Crippen LogP contribution in [-0.2, 0) is 24.4 Å². The molecule has 0 saturated carbocycles. The Morgan fingerprint density at radius 3 is 2.64 bits per heavy atom. The summed E-state index contributed by atoms with van der Waals surface area (Å²) in [6.45, 7) is 7.72. The summed E-state index contributed by atoms with van der Waals surface area (Å²) >= 11 is 5.87. The zero-order valence-corrected chi connectivity index (χ0v) is 15.4. The van der Waals surface area contributed by atoms with Crippen LogP contribution in [0.1, 0.15) is 32.3 Å². The van der Waals surface area contributed by atoms with Gasteiger partial charge in [0, 0.05) is 18.1 Å². The van der Waals surface area contributed by atoms with Crippen molar-refractivity contribution in [2.45, 2.75) is 46.1 Å². The first-order valence-electron chi connectivity index (χ1n) is 8.21. The van der Waals surface area contributed by atoms with Crippen molar-refractivity contribution in [1.82, 2.24) is 14.5 Å². The van der Waals surface area contributed by atoms with Crippen LogP contribution in [0.5, 0.6) is 5.75 Å². The number of hydrogen-bond acceptors (Lipinski definition) is 4. The molecule has 7 heteroatoms. The molecular formula is C18H22ClN3O3. The molecule has 2 heterocycles. The minimum atomic E-state index is -0.494. The fraction of sp³-hybridized carbons (Fsp3) is 0.444. The van der Waals surface area contributed by atoms with Gasteiger partial charge in [-0.15, -0.1) is 0 Å². The van der Waals surface area contributed by atoms with Crippen LogP contribution in [0.4, 0.5) is 4.79 Å². The van der Waals surface area contributed by atoms with Crippen molar-refractivity contribution in [3.63, 3.8) is 0 Å². The lowest BCUT2D eigenvalue weighted by Gasteiger charge is -2.31. The number of ether oxygens (including phenoxy) is 2. The minimum Gasteiger partial charge on any atom is -0.486 e. The highest BCUT2D eigenvalue weighted by Crippen LogP contribution is 2.20. The minimum absolute atomic E-state index is 0.293. The second-order valence-corrected chi connectivity index (χ2v) is 7.40. The maximum atomic E-state index is 12.2. The van der Waals surface area contributed by atoms with Crippen LogP contribution in [0.2, 0.25) is 5.02 Å². The summed E-state index contributed by atoms with van der Waals surface area (Å²) in [6.07, 6.45) is 1.50. The van der Waals surface area contributed by atoms with E-state index in [4.69, 9.17) is 21.1 Å². The molecular weight excluding hydrogens is 342 g/mol. The van der Waals surface area contributed by atoms with Crippen LogP contribution in [0.15, 0.2) is 30.5 Å². The fourth-order valence-corrected chi connectivity index (χ4v) is 2.75. The number of imidazole rings is 1. The number of fused-ring (bicyclic) bond motifs is 1. The van der Waals surface area contributed by atoms with Crippen molar-refractivity contribution in [2.24, 2.45) is 0 Å². The average Bonchev–Trinajstić information content (AvgIpc) is 2.95. The van der Waals surface area contributed by atoms with E-state index in [1.54, 1.807) is 23.2 Å². The van der Waals surface area contributed by atoms with Crippen LogP contribution in [0.25, 0.3) is 0 Å². The molecule has 3 rings (SSSR count). The lowest BCUT2D eigenvalue weighted by molar-refractivity contribution is 0.0197. The molecule has 1 amide bonds. The molecule has 6 nitrogen and oxygen atoms in total. The summed E-state index contributed by atoms with van der Waals surface area (Å²) in [7, 11) is 0. The van der Waals surface area contributed by atoms with Gasteiger partial charge in [-0.05, 0) is 45.0 Å². The molecule has 0 fully saturated rings. The Morgan fingerprint density at radius 2 is 1.96 bits per heavy atom. The zero-order chi connectivity index (χ0) is 18.0. The molecule has 1 aromatic carbocycles. The number of nitrogens with zero attached hydrogens (tertiary/aromatic N) is 3. The van der Waals surface area contributed by atoms with E-state index in [1.807, 2.05) is 32.9 Å². The van der Waals surface area contributed by atoms with Gasteiger partial charge in [-0.25, -0.2) is 9.78 Å². The van der Waals surface area contributed by atoms with Crippen LogP contribution in [-0.4, -0.2) is 32.7 Å². The third-order valence-corrected chi connectivity index (χ3v) is 4.05. The molecule has 1 aromatic heterocycles. The maximum Gasteiger partial charge on any atom is 0.410 e. The zero-order valence-electron chi connectivity index (χ0n) is 14.7. The summed E-state index contributed by atoms with van der Waals surface area (Å²) in [5.74, 6) is 1.58. The average molecular weight is 364 g/mol. The van der Waals surface area contributed by atoms with Gasteiger partial charge in [-0.1, -0.05) is 11.6 Å². The topological polar surface area (TPSA) is 56.6 Å². The second kappa shape index (κ2) is 6.96. The lowest BCUT2D eigenvalue weighted by Crippen LogP contribution is -2.41. The van der Waals surface area contributed by atoms with Gasteiger partial charge in [-0.2, -0.15) is 0 Å². The van der Waals surface area contributed by atoms with Gasteiger partial charge < -0.3 is 18.9 Å². The normalized spacial score (nSPS) is 14.2. The van der Waals surface area contributed by atoms with Crippen molar-refractivity contribution < 1.29 is 14.3 Å². The van der Waals surface area contributed by atoms with Crippen molar-refractivity contribution in [3.05, 3.63) is 47.0 Å². The molecule has 0 unspecified atom stereocenters. The highest BCUT2D eigenvalue weighted by atomic mass is 35.5. The van der Waals surface area contributed by atoms with E-state index < -0.39 is 5.60 Å². The first-order chi connectivity index (χ1) is 11.8. The standard InChI is InChI=1S/C18H22ClN3O3/c1-18(2,3)25-17(23)21-8-9-22-14(11-21)10-20-16(22)12-24-15-6-4-13(19)5-7-15/h4-7,10H,8-9,11-12H2,1-3H3. The third kappa shape index (κ3) is 4.45. The van der Waals surface area contributed by atoms with Gasteiger partial charge in [0.1, 0.15) is 23.8 Å². The Labute approximate surface area is 152 Å². The van der Waals surface area contributed by atoms with Crippen LogP contribution in [0.3, 0.4) is 0 Å². The van der Waals surface area contributed by atoms with Gasteiger partial charge >= 0.3 is 6.09 Å². The van der Waals surface area contributed by atoms with E-state index in [9.17, 15) is 4.79 Å². The van der Waals surface area contributed by atoms with Gasteiger partial charge in [0.15, 0.2) is 0 Å². The van der Waals surface area contributed by atoms with E-state index >= 15 is 0 Å². The molecule has 0 N–H and O–H groups in total. The summed E-state index contributed by atoms with van der Waals surface area (Å²) in [6, 6.07) is 7.23. The fourth-order valence-electron chi connectivity index (χ4n) is 2.62. The molecule has 0 spiro atoms. The molecule has 1 aliphatic heterocycles. The highest BCUT2D eigenvalue weighted by Gasteiger charge is 2.27. The molecule has 0 aliphatic carbocycles.